The Kier molecular flexibility index (Phi) is 3.64. The van der Waals surface area contributed by atoms with Crippen molar-refractivity contribution >= 4 is 40.5 Å². The number of carboxylic acids is 1. The quantitative estimate of drug-likeness (QED) is 0.905. The van der Waals surface area contributed by atoms with E-state index in [0.717, 1.165) is 0 Å². The molecule has 0 atom stereocenters. The molecule has 0 saturated carbocycles. The summed E-state index contributed by atoms with van der Waals surface area (Å²) < 4.78 is 0. The van der Waals surface area contributed by atoms with Crippen LogP contribution in [0.4, 0.5) is 11.4 Å². The van der Waals surface area contributed by atoms with Crippen LogP contribution >= 0.6 is 23.2 Å². The first-order valence-electron chi connectivity index (χ1n) is 4.85. The number of carbonyl (C=O) groups is 1. The van der Waals surface area contributed by atoms with Gasteiger partial charge >= 0.3 is 5.97 Å². The highest BCUT2D eigenvalue weighted by Crippen LogP contribution is 2.25. The van der Waals surface area contributed by atoms with E-state index in [1.165, 1.54) is 18.2 Å². The molecule has 0 amide bonds. The van der Waals surface area contributed by atoms with Crippen molar-refractivity contribution in [2.24, 2.45) is 0 Å². The highest BCUT2D eigenvalue weighted by atomic mass is 35.5. The summed E-state index contributed by atoms with van der Waals surface area (Å²) in [6.07, 6.45) is 0. The van der Waals surface area contributed by atoms with Gasteiger partial charge < -0.3 is 10.4 Å². The van der Waals surface area contributed by atoms with Crippen LogP contribution in [0.1, 0.15) is 10.4 Å². The van der Waals surface area contributed by atoms with Crippen LogP contribution in [0.15, 0.2) is 30.3 Å². The summed E-state index contributed by atoms with van der Waals surface area (Å²) in [6.45, 7) is 0. The summed E-state index contributed by atoms with van der Waals surface area (Å²) in [7, 11) is 0. The normalized spacial score (nSPS) is 10.1. The average Bonchev–Trinajstić information content (AvgIpc) is 2.34. The zero-order chi connectivity index (χ0) is 13.1. The van der Waals surface area contributed by atoms with Crippen LogP contribution in [0.3, 0.4) is 0 Å². The number of aromatic carboxylic acids is 1. The molecular weight excluding hydrogens is 277 g/mol. The molecule has 0 aliphatic carbocycles. The van der Waals surface area contributed by atoms with Gasteiger partial charge in [-0.15, -0.1) is 10.2 Å². The van der Waals surface area contributed by atoms with Crippen molar-refractivity contribution in [3.8, 4) is 0 Å². The first-order valence-corrected chi connectivity index (χ1v) is 5.61. The van der Waals surface area contributed by atoms with Gasteiger partial charge in [-0.05, 0) is 18.2 Å². The fourth-order valence-corrected chi connectivity index (χ4v) is 1.61. The SMILES string of the molecule is O=C(O)c1cccc(Nc2cc(Cl)nnc2Cl)c1. The lowest BCUT2D eigenvalue weighted by Crippen LogP contribution is -1.99. The van der Waals surface area contributed by atoms with Crippen LogP contribution in [0.2, 0.25) is 10.3 Å². The third kappa shape index (κ3) is 2.88. The second-order valence-electron chi connectivity index (χ2n) is 3.38. The number of rotatable bonds is 3. The predicted octanol–water partition coefficient (Wildman–Crippen LogP) is 3.23. The van der Waals surface area contributed by atoms with E-state index in [1.807, 2.05) is 0 Å². The maximum absolute atomic E-state index is 10.8. The Hall–Kier alpha value is -1.85. The van der Waals surface area contributed by atoms with E-state index in [0.29, 0.717) is 11.4 Å². The second-order valence-corrected chi connectivity index (χ2v) is 4.13. The Labute approximate surface area is 112 Å². The number of carboxylic acid groups (broad SMARTS) is 1. The minimum Gasteiger partial charge on any atom is -0.478 e. The summed E-state index contributed by atoms with van der Waals surface area (Å²) in [6, 6.07) is 7.80. The van der Waals surface area contributed by atoms with Crippen LogP contribution < -0.4 is 5.32 Å². The van der Waals surface area contributed by atoms with Gasteiger partial charge in [0, 0.05) is 11.8 Å². The molecular formula is C11H7Cl2N3O2. The van der Waals surface area contributed by atoms with Crippen LogP contribution in [-0.4, -0.2) is 21.3 Å². The molecule has 5 nitrogen and oxygen atoms in total. The highest BCUT2D eigenvalue weighted by molar-refractivity contribution is 6.33. The van der Waals surface area contributed by atoms with Gasteiger partial charge in [-0.2, -0.15) is 0 Å². The first kappa shape index (κ1) is 12.6. The molecule has 0 saturated heterocycles. The molecule has 0 fully saturated rings. The van der Waals surface area contributed by atoms with E-state index >= 15 is 0 Å². The summed E-state index contributed by atoms with van der Waals surface area (Å²) in [5.74, 6) is -1.00. The Bertz CT molecular complexity index is 605. The number of nitrogens with one attached hydrogen (secondary N) is 1. The lowest BCUT2D eigenvalue weighted by atomic mass is 10.2. The van der Waals surface area contributed by atoms with Crippen molar-refractivity contribution in [1.82, 2.24) is 10.2 Å². The third-order valence-corrected chi connectivity index (χ3v) is 2.57. The van der Waals surface area contributed by atoms with E-state index in [1.54, 1.807) is 12.1 Å². The van der Waals surface area contributed by atoms with Crippen LogP contribution in [0.5, 0.6) is 0 Å². The standard InChI is InChI=1S/C11H7Cl2N3O2/c12-9-5-8(10(13)16-15-9)14-7-3-1-2-6(4-7)11(17)18/h1-5H,(H,14,15)(H,17,18). The Morgan fingerprint density at radius 3 is 2.72 bits per heavy atom. The minimum atomic E-state index is -1.00. The Morgan fingerprint density at radius 2 is 2.00 bits per heavy atom. The summed E-state index contributed by atoms with van der Waals surface area (Å²) in [5.41, 5.74) is 1.20. The summed E-state index contributed by atoms with van der Waals surface area (Å²) in [5, 5.41) is 19.4. The molecule has 0 spiro atoms. The zero-order valence-corrected chi connectivity index (χ0v) is 10.4. The maximum atomic E-state index is 10.8. The van der Waals surface area contributed by atoms with Crippen LogP contribution in [0, 0.1) is 0 Å². The number of benzene rings is 1. The molecule has 0 radical (unpaired) electrons. The van der Waals surface area contributed by atoms with Gasteiger partial charge in [0.25, 0.3) is 0 Å². The van der Waals surface area contributed by atoms with E-state index in [-0.39, 0.29) is 15.9 Å². The number of aromatic nitrogens is 2. The molecule has 1 heterocycles. The van der Waals surface area contributed by atoms with Gasteiger partial charge in [0.1, 0.15) is 0 Å². The summed E-state index contributed by atoms with van der Waals surface area (Å²) >= 11 is 11.5. The molecule has 1 aromatic carbocycles. The van der Waals surface area contributed by atoms with E-state index in [4.69, 9.17) is 28.3 Å². The van der Waals surface area contributed by atoms with E-state index < -0.39 is 5.97 Å². The number of halogens is 2. The molecule has 92 valence electrons. The van der Waals surface area contributed by atoms with Gasteiger partial charge in [-0.1, -0.05) is 29.3 Å². The Balaban J connectivity index is 2.31. The molecule has 1 aromatic heterocycles. The van der Waals surface area contributed by atoms with Gasteiger partial charge in [0.2, 0.25) is 0 Å². The molecule has 0 aliphatic heterocycles. The zero-order valence-electron chi connectivity index (χ0n) is 8.89. The smallest absolute Gasteiger partial charge is 0.335 e. The van der Waals surface area contributed by atoms with Gasteiger partial charge in [0.15, 0.2) is 10.3 Å². The molecule has 0 aliphatic rings. The largest absolute Gasteiger partial charge is 0.478 e. The lowest BCUT2D eigenvalue weighted by Gasteiger charge is -2.08. The van der Waals surface area contributed by atoms with Crippen molar-refractivity contribution in [3.63, 3.8) is 0 Å². The first-order chi connectivity index (χ1) is 8.56. The Morgan fingerprint density at radius 1 is 1.22 bits per heavy atom. The van der Waals surface area contributed by atoms with Crippen molar-refractivity contribution in [2.75, 3.05) is 5.32 Å². The second kappa shape index (κ2) is 5.20. The fourth-order valence-electron chi connectivity index (χ4n) is 1.33. The number of hydrogen-bond donors (Lipinski definition) is 2. The topological polar surface area (TPSA) is 75.1 Å². The number of nitrogens with zero attached hydrogens (tertiary/aromatic N) is 2. The van der Waals surface area contributed by atoms with Crippen LogP contribution in [-0.2, 0) is 0 Å². The van der Waals surface area contributed by atoms with Crippen molar-refractivity contribution in [2.45, 2.75) is 0 Å². The van der Waals surface area contributed by atoms with Crippen molar-refractivity contribution in [1.29, 1.82) is 0 Å². The molecule has 7 heteroatoms. The summed E-state index contributed by atoms with van der Waals surface area (Å²) in [4.78, 5) is 10.8. The number of hydrogen-bond acceptors (Lipinski definition) is 4. The molecule has 2 N–H and O–H groups in total. The molecule has 18 heavy (non-hydrogen) atoms. The molecule has 0 unspecified atom stereocenters. The predicted molar refractivity (Wildman–Crippen MR) is 68.7 cm³/mol. The monoisotopic (exact) mass is 283 g/mol. The van der Waals surface area contributed by atoms with E-state index in [9.17, 15) is 4.79 Å². The van der Waals surface area contributed by atoms with Gasteiger partial charge in [-0.25, -0.2) is 4.79 Å². The van der Waals surface area contributed by atoms with Crippen molar-refractivity contribution in [3.05, 3.63) is 46.2 Å². The lowest BCUT2D eigenvalue weighted by molar-refractivity contribution is 0.0697. The molecule has 0 bridgehead atoms. The third-order valence-electron chi connectivity index (χ3n) is 2.11. The maximum Gasteiger partial charge on any atom is 0.335 e. The van der Waals surface area contributed by atoms with Gasteiger partial charge in [-0.3, -0.25) is 0 Å². The average molecular weight is 284 g/mol. The highest BCUT2D eigenvalue weighted by Gasteiger charge is 2.07. The van der Waals surface area contributed by atoms with Crippen LogP contribution in [0.25, 0.3) is 0 Å². The molecule has 2 rings (SSSR count). The minimum absolute atomic E-state index is 0.153. The number of anilines is 2. The van der Waals surface area contributed by atoms with Crippen molar-refractivity contribution < 1.29 is 9.90 Å². The fraction of sp³-hybridized carbons (Fsp3) is 0. The molecule has 2 aromatic rings. The van der Waals surface area contributed by atoms with E-state index in [2.05, 4.69) is 15.5 Å². The van der Waals surface area contributed by atoms with Gasteiger partial charge in [0.05, 0.1) is 11.3 Å².